The fourth-order valence-corrected chi connectivity index (χ4v) is 3.87. The topological polar surface area (TPSA) is 57.3 Å². The maximum Gasteiger partial charge on any atom is 0.240 e. The minimum absolute atomic E-state index is 0. The summed E-state index contributed by atoms with van der Waals surface area (Å²) in [6.45, 7) is 7.78. The molecule has 2 rings (SSSR count). The quantitative estimate of drug-likeness (QED) is 0.742. The number of thiazole rings is 1. The van der Waals surface area contributed by atoms with Gasteiger partial charge in [0.1, 0.15) is 0 Å². The standard InChI is InChI=1S/C16H28N4OS.2ClH/c1-4-14-12(2)22-16(18-14)19-15(21)11-20-9-6-13(7-10-20)5-8-17-3;;/h13,17H,4-11H2,1-3H3,(H,18,19,21);2*1H. The van der Waals surface area contributed by atoms with Gasteiger partial charge in [-0.15, -0.1) is 36.2 Å². The number of amides is 1. The Labute approximate surface area is 161 Å². The first-order valence-corrected chi connectivity index (χ1v) is 9.07. The highest BCUT2D eigenvalue weighted by molar-refractivity contribution is 7.15. The summed E-state index contributed by atoms with van der Waals surface area (Å²) in [6, 6.07) is 0. The number of aromatic nitrogens is 1. The van der Waals surface area contributed by atoms with E-state index in [2.05, 4.69) is 34.4 Å². The Morgan fingerprint density at radius 1 is 1.33 bits per heavy atom. The van der Waals surface area contributed by atoms with Crippen LogP contribution in [0.2, 0.25) is 0 Å². The number of aryl methyl sites for hydroxylation is 2. The molecule has 1 saturated heterocycles. The fourth-order valence-electron chi connectivity index (χ4n) is 2.95. The Morgan fingerprint density at radius 3 is 2.54 bits per heavy atom. The maximum atomic E-state index is 12.1. The normalized spacial score (nSPS) is 15.5. The van der Waals surface area contributed by atoms with E-state index in [1.807, 2.05) is 7.05 Å². The first kappa shape index (κ1) is 23.6. The molecule has 1 aromatic heterocycles. The summed E-state index contributed by atoms with van der Waals surface area (Å²) in [7, 11) is 2.00. The van der Waals surface area contributed by atoms with Crippen LogP contribution in [-0.2, 0) is 11.2 Å². The number of carbonyl (C=O) groups is 1. The highest BCUT2D eigenvalue weighted by Gasteiger charge is 2.20. The van der Waals surface area contributed by atoms with E-state index in [-0.39, 0.29) is 30.7 Å². The molecule has 0 unspecified atom stereocenters. The molecule has 8 heteroatoms. The molecule has 0 saturated carbocycles. The zero-order valence-corrected chi connectivity index (χ0v) is 17.2. The van der Waals surface area contributed by atoms with Crippen LogP contribution in [-0.4, -0.2) is 49.0 Å². The number of nitrogens with one attached hydrogen (secondary N) is 2. The van der Waals surface area contributed by atoms with Gasteiger partial charge in [-0.2, -0.15) is 0 Å². The predicted octanol–water partition coefficient (Wildman–Crippen LogP) is 3.12. The Bertz CT molecular complexity index is 490. The first-order valence-electron chi connectivity index (χ1n) is 8.25. The van der Waals surface area contributed by atoms with Gasteiger partial charge in [-0.3, -0.25) is 9.69 Å². The van der Waals surface area contributed by atoms with Crippen LogP contribution in [0.4, 0.5) is 5.13 Å². The summed E-state index contributed by atoms with van der Waals surface area (Å²) in [5.74, 6) is 0.866. The Balaban J connectivity index is 0.00000264. The number of likely N-dealkylation sites (tertiary alicyclic amines) is 1. The second-order valence-corrected chi connectivity index (χ2v) is 7.24. The van der Waals surface area contributed by atoms with E-state index in [1.54, 1.807) is 11.3 Å². The van der Waals surface area contributed by atoms with Crippen LogP contribution in [0.5, 0.6) is 0 Å². The molecule has 0 atom stereocenters. The van der Waals surface area contributed by atoms with E-state index in [1.165, 1.54) is 24.1 Å². The fraction of sp³-hybridized carbons (Fsp3) is 0.750. The van der Waals surface area contributed by atoms with E-state index >= 15 is 0 Å². The third kappa shape index (κ3) is 7.23. The lowest BCUT2D eigenvalue weighted by atomic mass is 9.93. The van der Waals surface area contributed by atoms with Gasteiger partial charge >= 0.3 is 0 Å². The summed E-state index contributed by atoms with van der Waals surface area (Å²) in [5.41, 5.74) is 1.09. The molecule has 2 N–H and O–H groups in total. The van der Waals surface area contributed by atoms with Crippen molar-refractivity contribution in [3.05, 3.63) is 10.6 Å². The van der Waals surface area contributed by atoms with Gasteiger partial charge in [0.25, 0.3) is 0 Å². The van der Waals surface area contributed by atoms with Crippen molar-refractivity contribution in [1.29, 1.82) is 0 Å². The summed E-state index contributed by atoms with van der Waals surface area (Å²) in [4.78, 5) is 20.1. The summed E-state index contributed by atoms with van der Waals surface area (Å²) in [5, 5.41) is 6.90. The third-order valence-electron chi connectivity index (χ3n) is 4.35. The minimum Gasteiger partial charge on any atom is -0.320 e. The van der Waals surface area contributed by atoms with Crippen LogP contribution in [0.15, 0.2) is 0 Å². The number of carbonyl (C=O) groups excluding carboxylic acids is 1. The van der Waals surface area contributed by atoms with Gasteiger partial charge in [0.05, 0.1) is 12.2 Å². The van der Waals surface area contributed by atoms with Crippen LogP contribution < -0.4 is 10.6 Å². The highest BCUT2D eigenvalue weighted by Crippen LogP contribution is 2.23. The third-order valence-corrected chi connectivity index (χ3v) is 5.28. The van der Waals surface area contributed by atoms with Gasteiger partial charge in [0, 0.05) is 4.88 Å². The number of hydrogen-bond acceptors (Lipinski definition) is 5. The molecule has 0 bridgehead atoms. The Morgan fingerprint density at radius 2 is 2.00 bits per heavy atom. The molecule has 1 aliphatic heterocycles. The SMILES string of the molecule is CCc1nc(NC(=O)CN2CCC(CCNC)CC2)sc1C.Cl.Cl. The average molecular weight is 397 g/mol. The van der Waals surface area contributed by atoms with Crippen molar-refractivity contribution >= 4 is 47.2 Å². The molecule has 140 valence electrons. The molecule has 0 radical (unpaired) electrons. The monoisotopic (exact) mass is 396 g/mol. The Kier molecular flexibility index (Phi) is 11.8. The minimum atomic E-state index is 0. The van der Waals surface area contributed by atoms with Crippen LogP contribution in [0.25, 0.3) is 0 Å². The smallest absolute Gasteiger partial charge is 0.240 e. The number of halogens is 2. The van der Waals surface area contributed by atoms with E-state index in [0.29, 0.717) is 6.54 Å². The van der Waals surface area contributed by atoms with E-state index < -0.39 is 0 Å². The van der Waals surface area contributed by atoms with Crippen molar-refractivity contribution in [2.75, 3.05) is 38.5 Å². The lowest BCUT2D eigenvalue weighted by Crippen LogP contribution is -2.39. The summed E-state index contributed by atoms with van der Waals surface area (Å²) >= 11 is 1.57. The van der Waals surface area contributed by atoms with Crippen LogP contribution in [0, 0.1) is 12.8 Å². The maximum absolute atomic E-state index is 12.1. The van der Waals surface area contributed by atoms with Crippen molar-refractivity contribution in [2.24, 2.45) is 5.92 Å². The molecule has 1 fully saturated rings. The second-order valence-electron chi connectivity index (χ2n) is 6.04. The number of nitrogens with zero attached hydrogens (tertiary/aromatic N) is 2. The van der Waals surface area contributed by atoms with Gasteiger partial charge in [-0.05, 0) is 65.2 Å². The zero-order valence-electron chi connectivity index (χ0n) is 14.8. The van der Waals surface area contributed by atoms with Gasteiger partial charge in [-0.25, -0.2) is 4.98 Å². The van der Waals surface area contributed by atoms with Crippen molar-refractivity contribution in [2.45, 2.75) is 39.5 Å². The number of hydrogen-bond donors (Lipinski definition) is 2. The molecule has 0 aliphatic carbocycles. The van der Waals surface area contributed by atoms with Gasteiger partial charge < -0.3 is 10.6 Å². The number of rotatable bonds is 7. The van der Waals surface area contributed by atoms with Gasteiger partial charge in [0.15, 0.2) is 5.13 Å². The molecule has 24 heavy (non-hydrogen) atoms. The molecule has 1 aliphatic rings. The van der Waals surface area contributed by atoms with Crippen LogP contribution in [0.1, 0.15) is 36.8 Å². The molecule has 1 amide bonds. The molecule has 0 aromatic carbocycles. The molecule has 2 heterocycles. The lowest BCUT2D eigenvalue weighted by Gasteiger charge is -2.31. The van der Waals surface area contributed by atoms with Crippen LogP contribution in [0.3, 0.4) is 0 Å². The van der Waals surface area contributed by atoms with Gasteiger partial charge in [-0.1, -0.05) is 6.92 Å². The van der Waals surface area contributed by atoms with Crippen molar-refractivity contribution < 1.29 is 4.79 Å². The second kappa shape index (κ2) is 12.0. The molecule has 5 nitrogen and oxygen atoms in total. The molecular weight excluding hydrogens is 367 g/mol. The zero-order chi connectivity index (χ0) is 15.9. The van der Waals surface area contributed by atoms with Crippen LogP contribution >= 0.6 is 36.2 Å². The van der Waals surface area contributed by atoms with E-state index in [9.17, 15) is 4.79 Å². The van der Waals surface area contributed by atoms with Crippen molar-refractivity contribution in [3.8, 4) is 0 Å². The predicted molar refractivity (Wildman–Crippen MR) is 107 cm³/mol. The number of piperidine rings is 1. The number of anilines is 1. The Hall–Kier alpha value is -0.400. The van der Waals surface area contributed by atoms with E-state index in [4.69, 9.17) is 0 Å². The van der Waals surface area contributed by atoms with Crippen molar-refractivity contribution in [3.63, 3.8) is 0 Å². The molecular formula is C16H30Cl2N4OS. The molecule has 0 spiro atoms. The first-order chi connectivity index (χ1) is 10.6. The summed E-state index contributed by atoms with van der Waals surface area (Å²) in [6.07, 6.45) is 4.56. The highest BCUT2D eigenvalue weighted by atomic mass is 35.5. The summed E-state index contributed by atoms with van der Waals surface area (Å²) < 4.78 is 0. The largest absolute Gasteiger partial charge is 0.320 e. The van der Waals surface area contributed by atoms with Crippen molar-refractivity contribution in [1.82, 2.24) is 15.2 Å². The lowest BCUT2D eigenvalue weighted by molar-refractivity contribution is -0.117. The van der Waals surface area contributed by atoms with Gasteiger partial charge in [0.2, 0.25) is 5.91 Å². The van der Waals surface area contributed by atoms with E-state index in [0.717, 1.165) is 42.8 Å². The molecule has 1 aromatic rings. The average Bonchev–Trinajstić information content (AvgIpc) is 2.86.